The van der Waals surface area contributed by atoms with Crippen LogP contribution in [0.5, 0.6) is 11.5 Å². The molecule has 104 valence electrons. The van der Waals surface area contributed by atoms with Crippen LogP contribution < -0.4 is 9.47 Å². The SMILES string of the molecule is COc1cc([N+](=O)[O-])ccc1OC[C@@H](O)C1(I)CC1. The Labute approximate surface area is 124 Å². The van der Waals surface area contributed by atoms with E-state index in [0.29, 0.717) is 11.5 Å². The number of ether oxygens (including phenoxy) is 2. The molecule has 0 aliphatic heterocycles. The highest BCUT2D eigenvalue weighted by atomic mass is 127. The summed E-state index contributed by atoms with van der Waals surface area (Å²) in [7, 11) is 1.42. The lowest BCUT2D eigenvalue weighted by Crippen LogP contribution is -2.28. The highest BCUT2D eigenvalue weighted by Gasteiger charge is 2.46. The summed E-state index contributed by atoms with van der Waals surface area (Å²) in [6.45, 7) is 0.150. The summed E-state index contributed by atoms with van der Waals surface area (Å²) >= 11 is 2.24. The maximum atomic E-state index is 10.7. The van der Waals surface area contributed by atoms with Gasteiger partial charge < -0.3 is 14.6 Å². The summed E-state index contributed by atoms with van der Waals surface area (Å²) in [4.78, 5) is 10.2. The maximum Gasteiger partial charge on any atom is 0.273 e. The van der Waals surface area contributed by atoms with Crippen molar-refractivity contribution in [2.24, 2.45) is 0 Å². The fraction of sp³-hybridized carbons (Fsp3) is 0.500. The molecular weight excluding hydrogens is 365 g/mol. The van der Waals surface area contributed by atoms with E-state index in [4.69, 9.17) is 9.47 Å². The molecule has 0 heterocycles. The first kappa shape index (κ1) is 14.3. The average molecular weight is 379 g/mol. The molecule has 1 N–H and O–H groups in total. The number of alkyl halides is 1. The van der Waals surface area contributed by atoms with Gasteiger partial charge in [0.2, 0.25) is 0 Å². The molecule has 0 aromatic heterocycles. The first-order valence-electron chi connectivity index (χ1n) is 5.78. The van der Waals surface area contributed by atoms with Crippen LogP contribution in [0.15, 0.2) is 18.2 Å². The van der Waals surface area contributed by atoms with Gasteiger partial charge in [-0.3, -0.25) is 10.1 Å². The number of hydrogen-bond acceptors (Lipinski definition) is 5. The van der Waals surface area contributed by atoms with Gasteiger partial charge in [0, 0.05) is 6.07 Å². The summed E-state index contributed by atoms with van der Waals surface area (Å²) in [6, 6.07) is 4.14. The average Bonchev–Trinajstić information content (AvgIpc) is 3.14. The molecular formula is C12H14INO5. The van der Waals surface area contributed by atoms with Gasteiger partial charge >= 0.3 is 0 Å². The Kier molecular flexibility index (Phi) is 4.14. The van der Waals surface area contributed by atoms with Crippen molar-refractivity contribution in [1.82, 2.24) is 0 Å². The summed E-state index contributed by atoms with van der Waals surface area (Å²) in [6.07, 6.45) is 1.42. The zero-order valence-corrected chi connectivity index (χ0v) is 12.5. The Morgan fingerprint density at radius 2 is 2.21 bits per heavy atom. The zero-order chi connectivity index (χ0) is 14.0. The van der Waals surface area contributed by atoms with Gasteiger partial charge in [-0.05, 0) is 18.9 Å². The fourth-order valence-corrected chi connectivity index (χ4v) is 2.11. The number of methoxy groups -OCH3 is 1. The summed E-state index contributed by atoms with van der Waals surface area (Å²) in [5.74, 6) is 0.688. The van der Waals surface area contributed by atoms with Crippen molar-refractivity contribution < 1.29 is 19.5 Å². The van der Waals surface area contributed by atoms with Crippen LogP contribution >= 0.6 is 22.6 Å². The molecule has 2 rings (SSSR count). The van der Waals surface area contributed by atoms with Crippen molar-refractivity contribution in [3.8, 4) is 11.5 Å². The minimum atomic E-state index is -0.548. The van der Waals surface area contributed by atoms with Crippen molar-refractivity contribution in [3.63, 3.8) is 0 Å². The molecule has 0 radical (unpaired) electrons. The Morgan fingerprint density at radius 1 is 1.53 bits per heavy atom. The quantitative estimate of drug-likeness (QED) is 0.355. The van der Waals surface area contributed by atoms with Crippen molar-refractivity contribution in [1.29, 1.82) is 0 Å². The van der Waals surface area contributed by atoms with Crippen molar-refractivity contribution in [3.05, 3.63) is 28.3 Å². The molecule has 0 unspecified atom stereocenters. The van der Waals surface area contributed by atoms with Crippen LogP contribution in [0.3, 0.4) is 0 Å². The van der Waals surface area contributed by atoms with Crippen molar-refractivity contribution in [2.75, 3.05) is 13.7 Å². The Hall–Kier alpha value is -1.09. The summed E-state index contributed by atoms with van der Waals surface area (Å²) in [5, 5.41) is 20.6. The monoisotopic (exact) mass is 379 g/mol. The number of aliphatic hydroxyl groups excluding tert-OH is 1. The number of aliphatic hydroxyl groups is 1. The molecule has 6 nitrogen and oxygen atoms in total. The molecule has 1 saturated carbocycles. The van der Waals surface area contributed by atoms with E-state index < -0.39 is 11.0 Å². The molecule has 1 aliphatic rings. The van der Waals surface area contributed by atoms with Crippen LogP contribution in [-0.2, 0) is 0 Å². The number of non-ortho nitro benzene ring substituents is 1. The second-order valence-electron chi connectivity index (χ2n) is 4.45. The lowest BCUT2D eigenvalue weighted by molar-refractivity contribution is -0.384. The maximum absolute atomic E-state index is 10.7. The van der Waals surface area contributed by atoms with Gasteiger partial charge in [-0.25, -0.2) is 0 Å². The number of halogens is 1. The number of nitro benzene ring substituents is 1. The number of rotatable bonds is 6. The van der Waals surface area contributed by atoms with E-state index in [9.17, 15) is 15.2 Å². The number of benzene rings is 1. The first-order chi connectivity index (χ1) is 8.96. The molecule has 7 heteroatoms. The van der Waals surface area contributed by atoms with Gasteiger partial charge in [0.1, 0.15) is 12.7 Å². The van der Waals surface area contributed by atoms with E-state index in [1.807, 2.05) is 0 Å². The minimum Gasteiger partial charge on any atom is -0.493 e. The van der Waals surface area contributed by atoms with Crippen LogP contribution in [0.2, 0.25) is 0 Å². The molecule has 0 spiro atoms. The van der Waals surface area contributed by atoms with Gasteiger partial charge in [-0.15, -0.1) is 0 Å². The van der Waals surface area contributed by atoms with E-state index in [1.54, 1.807) is 0 Å². The van der Waals surface area contributed by atoms with Crippen molar-refractivity contribution in [2.45, 2.75) is 22.4 Å². The van der Waals surface area contributed by atoms with Crippen LogP contribution in [0, 0.1) is 10.1 Å². The third kappa shape index (κ3) is 3.27. The minimum absolute atomic E-state index is 0.0581. The van der Waals surface area contributed by atoms with Crippen LogP contribution in [0.25, 0.3) is 0 Å². The van der Waals surface area contributed by atoms with Gasteiger partial charge in [-0.2, -0.15) is 0 Å². The number of hydrogen-bond donors (Lipinski definition) is 1. The highest BCUT2D eigenvalue weighted by molar-refractivity contribution is 14.1. The van der Waals surface area contributed by atoms with Gasteiger partial charge in [-0.1, -0.05) is 22.6 Å². The predicted octanol–water partition coefficient (Wildman–Crippen LogP) is 2.31. The lowest BCUT2D eigenvalue weighted by atomic mass is 10.2. The number of nitro groups is 1. The highest BCUT2D eigenvalue weighted by Crippen LogP contribution is 2.48. The van der Waals surface area contributed by atoms with E-state index in [0.717, 1.165) is 12.8 Å². The molecule has 1 atom stereocenters. The summed E-state index contributed by atoms with van der Waals surface area (Å²) in [5.41, 5.74) is -0.0581. The standard InChI is InChI=1S/C12H14INO5/c1-18-10-6-8(14(16)17)2-3-9(10)19-7-11(15)12(13)4-5-12/h2-3,6,11,15H,4-5,7H2,1H3/t11-/m1/s1. The molecule has 1 aromatic rings. The third-order valence-corrected chi connectivity index (χ3v) is 4.88. The third-order valence-electron chi connectivity index (χ3n) is 3.08. The largest absolute Gasteiger partial charge is 0.493 e. The molecule has 1 aliphatic carbocycles. The number of nitrogens with zero attached hydrogens (tertiary/aromatic N) is 1. The molecule has 0 amide bonds. The van der Waals surface area contributed by atoms with Gasteiger partial charge in [0.15, 0.2) is 11.5 Å². The smallest absolute Gasteiger partial charge is 0.273 e. The van der Waals surface area contributed by atoms with Crippen molar-refractivity contribution >= 4 is 28.3 Å². The van der Waals surface area contributed by atoms with Crippen LogP contribution in [0.4, 0.5) is 5.69 Å². The second kappa shape index (κ2) is 5.49. The van der Waals surface area contributed by atoms with E-state index in [1.165, 1.54) is 25.3 Å². The fourth-order valence-electron chi connectivity index (χ4n) is 1.66. The molecule has 1 aromatic carbocycles. The first-order valence-corrected chi connectivity index (χ1v) is 6.86. The zero-order valence-electron chi connectivity index (χ0n) is 10.3. The van der Waals surface area contributed by atoms with Crippen LogP contribution in [0.1, 0.15) is 12.8 Å². The predicted molar refractivity (Wildman–Crippen MR) is 77.1 cm³/mol. The molecule has 0 bridgehead atoms. The van der Waals surface area contributed by atoms with Crippen LogP contribution in [-0.4, -0.2) is 33.3 Å². The summed E-state index contributed by atoms with van der Waals surface area (Å²) < 4.78 is 10.5. The lowest BCUT2D eigenvalue weighted by Gasteiger charge is -2.17. The van der Waals surface area contributed by atoms with Gasteiger partial charge in [0.25, 0.3) is 5.69 Å². The topological polar surface area (TPSA) is 81.8 Å². The van der Waals surface area contributed by atoms with E-state index in [-0.39, 0.29) is 15.7 Å². The van der Waals surface area contributed by atoms with E-state index in [2.05, 4.69) is 22.6 Å². The normalized spacial score (nSPS) is 17.6. The molecule has 1 fully saturated rings. The van der Waals surface area contributed by atoms with E-state index >= 15 is 0 Å². The Bertz CT molecular complexity index is 489. The van der Waals surface area contributed by atoms with Gasteiger partial charge in [0.05, 0.1) is 21.5 Å². The molecule has 0 saturated heterocycles. The molecule has 19 heavy (non-hydrogen) atoms. The Morgan fingerprint density at radius 3 is 2.74 bits per heavy atom. The second-order valence-corrected chi connectivity index (χ2v) is 6.60. The Balaban J connectivity index is 2.05.